The van der Waals surface area contributed by atoms with Crippen LogP contribution >= 0.6 is 0 Å². The number of anilines is 1. The number of rotatable bonds is 6. The molecule has 34 heavy (non-hydrogen) atoms. The van der Waals surface area contributed by atoms with Gasteiger partial charge in [-0.05, 0) is 37.1 Å². The number of halogens is 3. The Morgan fingerprint density at radius 2 is 1.91 bits per heavy atom. The van der Waals surface area contributed by atoms with E-state index in [4.69, 9.17) is 9.47 Å². The second-order valence-electron chi connectivity index (χ2n) is 7.96. The van der Waals surface area contributed by atoms with Crippen LogP contribution in [0.5, 0.6) is 11.5 Å². The molecular weight excluding hydrogens is 455 g/mol. The predicted octanol–water partition coefficient (Wildman–Crippen LogP) is 3.62. The molecule has 2 heterocycles. The summed E-state index contributed by atoms with van der Waals surface area (Å²) in [7, 11) is 0. The minimum Gasteiger partial charge on any atom is -0.454 e. The van der Waals surface area contributed by atoms with E-state index in [2.05, 4.69) is 15.7 Å². The second-order valence-corrected chi connectivity index (χ2v) is 7.96. The lowest BCUT2D eigenvalue weighted by Crippen LogP contribution is -2.34. The SMILES string of the molecule is O=C(NCCn1nc(-c2cccc(C(F)(F)F)c2)n(C2CC2)c1=O)Nc1ccc2c(c1)OCO2. The molecule has 5 rings (SSSR count). The molecule has 0 saturated heterocycles. The number of hydrogen-bond acceptors (Lipinski definition) is 5. The van der Waals surface area contributed by atoms with Gasteiger partial charge in [0.1, 0.15) is 0 Å². The number of benzene rings is 2. The Morgan fingerprint density at radius 1 is 1.12 bits per heavy atom. The molecule has 2 aliphatic rings. The minimum atomic E-state index is -4.50. The number of alkyl halides is 3. The number of urea groups is 1. The molecular formula is C22H20F3N5O4. The van der Waals surface area contributed by atoms with Crippen molar-refractivity contribution in [1.29, 1.82) is 0 Å². The van der Waals surface area contributed by atoms with Gasteiger partial charge in [0, 0.05) is 29.9 Å². The van der Waals surface area contributed by atoms with Crippen molar-refractivity contribution >= 4 is 11.7 Å². The van der Waals surface area contributed by atoms with Gasteiger partial charge in [-0.3, -0.25) is 4.57 Å². The van der Waals surface area contributed by atoms with Gasteiger partial charge in [0.15, 0.2) is 17.3 Å². The van der Waals surface area contributed by atoms with E-state index >= 15 is 0 Å². The molecule has 2 amide bonds. The molecule has 1 saturated carbocycles. The molecule has 1 aromatic heterocycles. The topological polar surface area (TPSA) is 99.4 Å². The Labute approximate surface area is 191 Å². The zero-order valence-corrected chi connectivity index (χ0v) is 17.8. The van der Waals surface area contributed by atoms with Crippen molar-refractivity contribution in [3.63, 3.8) is 0 Å². The van der Waals surface area contributed by atoms with Crippen molar-refractivity contribution in [2.24, 2.45) is 0 Å². The number of nitrogens with one attached hydrogen (secondary N) is 2. The first-order valence-electron chi connectivity index (χ1n) is 10.6. The molecule has 2 N–H and O–H groups in total. The molecule has 0 bridgehead atoms. The second kappa shape index (κ2) is 8.43. The van der Waals surface area contributed by atoms with Gasteiger partial charge in [0.2, 0.25) is 6.79 Å². The summed E-state index contributed by atoms with van der Waals surface area (Å²) in [5.74, 6) is 1.30. The summed E-state index contributed by atoms with van der Waals surface area (Å²) in [4.78, 5) is 25.1. The standard InChI is InChI=1S/C22H20F3N5O4/c23-22(24,25)14-3-1-2-13(10-14)19-28-29(21(32)30(19)16-5-6-16)9-8-26-20(31)27-15-4-7-17-18(11-15)34-12-33-17/h1-4,7,10-11,16H,5-6,8-9,12H2,(H2,26,27,31). The van der Waals surface area contributed by atoms with Crippen LogP contribution in [-0.2, 0) is 12.7 Å². The van der Waals surface area contributed by atoms with E-state index in [1.165, 1.54) is 16.7 Å². The normalized spacial score (nSPS) is 14.8. The zero-order valence-electron chi connectivity index (χ0n) is 17.8. The van der Waals surface area contributed by atoms with Crippen molar-refractivity contribution in [2.45, 2.75) is 31.6 Å². The van der Waals surface area contributed by atoms with E-state index < -0.39 is 23.5 Å². The maximum absolute atomic E-state index is 13.1. The van der Waals surface area contributed by atoms with Crippen molar-refractivity contribution in [2.75, 3.05) is 18.7 Å². The third kappa shape index (κ3) is 4.43. The average Bonchev–Trinajstić information content (AvgIpc) is 3.43. The summed E-state index contributed by atoms with van der Waals surface area (Å²) in [5, 5.41) is 9.58. The number of hydrogen-bond donors (Lipinski definition) is 2. The first-order chi connectivity index (χ1) is 16.3. The smallest absolute Gasteiger partial charge is 0.416 e. The molecule has 1 aliphatic heterocycles. The van der Waals surface area contributed by atoms with E-state index in [0.717, 1.165) is 29.7 Å². The van der Waals surface area contributed by atoms with Gasteiger partial charge in [-0.25, -0.2) is 14.3 Å². The van der Waals surface area contributed by atoms with Crippen LogP contribution in [0.15, 0.2) is 47.3 Å². The first kappa shape index (κ1) is 21.9. The number of ether oxygens (including phenoxy) is 2. The highest BCUT2D eigenvalue weighted by Crippen LogP contribution is 2.38. The van der Waals surface area contributed by atoms with Gasteiger partial charge in [0.05, 0.1) is 12.1 Å². The van der Waals surface area contributed by atoms with Gasteiger partial charge in [-0.15, -0.1) is 5.10 Å². The number of aromatic nitrogens is 3. The van der Waals surface area contributed by atoms with Crippen LogP contribution in [0.1, 0.15) is 24.4 Å². The van der Waals surface area contributed by atoms with Gasteiger partial charge >= 0.3 is 17.9 Å². The molecule has 2 aromatic carbocycles. The summed E-state index contributed by atoms with van der Waals surface area (Å²) < 4.78 is 52.5. The molecule has 0 radical (unpaired) electrons. The Bertz CT molecular complexity index is 1300. The Kier molecular flexibility index (Phi) is 5.42. The number of carbonyl (C=O) groups is 1. The molecule has 12 heteroatoms. The lowest BCUT2D eigenvalue weighted by Gasteiger charge is -2.09. The fourth-order valence-electron chi connectivity index (χ4n) is 3.68. The molecule has 9 nitrogen and oxygen atoms in total. The third-order valence-corrected chi connectivity index (χ3v) is 5.47. The van der Waals surface area contributed by atoms with Crippen LogP contribution in [0.3, 0.4) is 0 Å². The van der Waals surface area contributed by atoms with E-state index in [1.54, 1.807) is 18.2 Å². The van der Waals surface area contributed by atoms with E-state index in [9.17, 15) is 22.8 Å². The van der Waals surface area contributed by atoms with Crippen LogP contribution in [-0.4, -0.2) is 33.7 Å². The first-order valence-corrected chi connectivity index (χ1v) is 10.6. The summed E-state index contributed by atoms with van der Waals surface area (Å²) in [6.07, 6.45) is -2.99. The quantitative estimate of drug-likeness (QED) is 0.568. The third-order valence-electron chi connectivity index (χ3n) is 5.47. The van der Waals surface area contributed by atoms with Crippen LogP contribution in [0.4, 0.5) is 23.7 Å². The number of carbonyl (C=O) groups excluding carboxylic acids is 1. The fourth-order valence-corrected chi connectivity index (χ4v) is 3.68. The van der Waals surface area contributed by atoms with Crippen molar-refractivity contribution in [3.05, 3.63) is 58.5 Å². The van der Waals surface area contributed by atoms with E-state index in [0.29, 0.717) is 17.2 Å². The van der Waals surface area contributed by atoms with Crippen LogP contribution in [0.25, 0.3) is 11.4 Å². The predicted molar refractivity (Wildman–Crippen MR) is 115 cm³/mol. The Morgan fingerprint density at radius 3 is 2.68 bits per heavy atom. The van der Waals surface area contributed by atoms with Crippen molar-refractivity contribution in [1.82, 2.24) is 19.7 Å². The number of fused-ring (bicyclic) bond motifs is 1. The zero-order chi connectivity index (χ0) is 23.9. The van der Waals surface area contributed by atoms with Gasteiger partial charge < -0.3 is 20.1 Å². The lowest BCUT2D eigenvalue weighted by atomic mass is 10.1. The highest BCUT2D eigenvalue weighted by atomic mass is 19.4. The highest BCUT2D eigenvalue weighted by molar-refractivity contribution is 5.89. The highest BCUT2D eigenvalue weighted by Gasteiger charge is 2.33. The average molecular weight is 475 g/mol. The summed E-state index contributed by atoms with van der Waals surface area (Å²) in [5.41, 5.74) is -0.515. The number of nitrogens with zero attached hydrogens (tertiary/aromatic N) is 3. The van der Waals surface area contributed by atoms with Crippen LogP contribution in [0, 0.1) is 0 Å². The van der Waals surface area contributed by atoms with E-state index in [-0.39, 0.29) is 37.3 Å². The Balaban J connectivity index is 1.28. The minimum absolute atomic E-state index is 0.0546. The van der Waals surface area contributed by atoms with Gasteiger partial charge in [-0.2, -0.15) is 13.2 Å². The Hall–Kier alpha value is -3.96. The lowest BCUT2D eigenvalue weighted by molar-refractivity contribution is -0.137. The molecule has 178 valence electrons. The van der Waals surface area contributed by atoms with Crippen molar-refractivity contribution < 1.29 is 27.4 Å². The molecule has 0 unspecified atom stereocenters. The van der Waals surface area contributed by atoms with Gasteiger partial charge in [0.25, 0.3) is 0 Å². The maximum Gasteiger partial charge on any atom is 0.416 e. The van der Waals surface area contributed by atoms with Crippen LogP contribution in [0.2, 0.25) is 0 Å². The summed E-state index contributed by atoms with van der Waals surface area (Å²) in [6.45, 7) is 0.259. The molecule has 0 atom stereocenters. The molecule has 3 aromatic rings. The number of amides is 2. The fraction of sp³-hybridized carbons (Fsp3) is 0.318. The van der Waals surface area contributed by atoms with E-state index in [1.807, 2.05) is 0 Å². The maximum atomic E-state index is 13.1. The summed E-state index contributed by atoms with van der Waals surface area (Å²) in [6, 6.07) is 9.14. The van der Waals surface area contributed by atoms with Crippen molar-refractivity contribution in [3.8, 4) is 22.9 Å². The molecule has 1 aliphatic carbocycles. The monoisotopic (exact) mass is 475 g/mol. The molecule has 1 fully saturated rings. The molecule has 0 spiro atoms. The van der Waals surface area contributed by atoms with Crippen LogP contribution < -0.4 is 25.8 Å². The van der Waals surface area contributed by atoms with Gasteiger partial charge in [-0.1, -0.05) is 12.1 Å². The summed E-state index contributed by atoms with van der Waals surface area (Å²) >= 11 is 0. The largest absolute Gasteiger partial charge is 0.454 e.